The van der Waals surface area contributed by atoms with Crippen LogP contribution in [0.3, 0.4) is 0 Å². The van der Waals surface area contributed by atoms with E-state index in [1.807, 2.05) is 31.4 Å². The van der Waals surface area contributed by atoms with Crippen LogP contribution in [0.4, 0.5) is 5.69 Å². The molecule has 20 heavy (non-hydrogen) atoms. The topological polar surface area (TPSA) is 52.9 Å². The van der Waals surface area contributed by atoms with Crippen LogP contribution in [0, 0.1) is 18.3 Å². The molecule has 1 amide bonds. The number of anilines is 1. The largest absolute Gasteiger partial charge is 0.322 e. The van der Waals surface area contributed by atoms with Crippen LogP contribution in [0.1, 0.15) is 21.5 Å². The lowest BCUT2D eigenvalue weighted by molar-refractivity contribution is 0.102. The summed E-state index contributed by atoms with van der Waals surface area (Å²) in [7, 11) is 0. The van der Waals surface area contributed by atoms with Gasteiger partial charge in [0.1, 0.15) is 0 Å². The van der Waals surface area contributed by atoms with Gasteiger partial charge in [-0.15, -0.1) is 11.8 Å². The molecule has 0 bridgehead atoms. The molecule has 0 aromatic heterocycles. The average molecular weight is 282 g/mol. The quantitative estimate of drug-likeness (QED) is 0.870. The minimum Gasteiger partial charge on any atom is -0.322 e. The van der Waals surface area contributed by atoms with E-state index in [1.54, 1.807) is 36.0 Å². The predicted octanol–water partition coefficient (Wildman–Crippen LogP) is 3.84. The fourth-order valence-corrected chi connectivity index (χ4v) is 2.28. The van der Waals surface area contributed by atoms with E-state index < -0.39 is 0 Å². The number of nitrogens with zero attached hydrogens (tertiary/aromatic N) is 1. The smallest absolute Gasteiger partial charge is 0.255 e. The third-order valence-electron chi connectivity index (χ3n) is 2.94. The molecule has 0 heterocycles. The molecule has 0 aliphatic rings. The molecule has 100 valence electrons. The number of hydrogen-bond donors (Lipinski definition) is 1. The normalized spacial score (nSPS) is 9.85. The number of carbonyl (C=O) groups excluding carboxylic acids is 1. The van der Waals surface area contributed by atoms with Gasteiger partial charge < -0.3 is 5.32 Å². The number of benzene rings is 2. The summed E-state index contributed by atoms with van der Waals surface area (Å²) in [5.41, 5.74) is 2.73. The van der Waals surface area contributed by atoms with E-state index in [9.17, 15) is 4.79 Å². The zero-order chi connectivity index (χ0) is 14.5. The second-order valence-electron chi connectivity index (χ2n) is 4.33. The Balaban J connectivity index is 2.26. The first kappa shape index (κ1) is 14.2. The van der Waals surface area contributed by atoms with Crippen molar-refractivity contribution in [1.82, 2.24) is 0 Å². The highest BCUT2D eigenvalue weighted by Crippen LogP contribution is 2.20. The summed E-state index contributed by atoms with van der Waals surface area (Å²) < 4.78 is 0. The first-order valence-electron chi connectivity index (χ1n) is 6.10. The maximum Gasteiger partial charge on any atom is 0.255 e. The molecular formula is C16H14N2OS. The van der Waals surface area contributed by atoms with Crippen molar-refractivity contribution in [2.24, 2.45) is 0 Å². The van der Waals surface area contributed by atoms with Gasteiger partial charge in [-0.2, -0.15) is 5.26 Å². The number of amides is 1. The summed E-state index contributed by atoms with van der Waals surface area (Å²) in [4.78, 5) is 13.3. The molecule has 0 aliphatic carbocycles. The van der Waals surface area contributed by atoms with Crippen molar-refractivity contribution >= 4 is 23.4 Å². The first-order valence-corrected chi connectivity index (χ1v) is 7.32. The van der Waals surface area contributed by atoms with Crippen LogP contribution >= 0.6 is 11.8 Å². The molecule has 0 aliphatic heterocycles. The number of thioether (sulfide) groups is 1. The number of nitriles is 1. The third-order valence-corrected chi connectivity index (χ3v) is 3.66. The monoisotopic (exact) mass is 282 g/mol. The SMILES string of the molecule is CSc1ccc(C)c(C(=O)Nc2cccc(C#N)c2)c1. The minimum absolute atomic E-state index is 0.159. The van der Waals surface area contributed by atoms with Gasteiger partial charge >= 0.3 is 0 Å². The van der Waals surface area contributed by atoms with Crippen LogP contribution in [0.25, 0.3) is 0 Å². The molecule has 0 saturated heterocycles. The van der Waals surface area contributed by atoms with E-state index in [-0.39, 0.29) is 5.91 Å². The minimum atomic E-state index is -0.159. The van der Waals surface area contributed by atoms with Gasteiger partial charge in [-0.05, 0) is 49.1 Å². The van der Waals surface area contributed by atoms with Gasteiger partial charge in [0.15, 0.2) is 0 Å². The van der Waals surface area contributed by atoms with Gasteiger partial charge in [0.2, 0.25) is 0 Å². The van der Waals surface area contributed by atoms with Crippen LogP contribution in [-0.2, 0) is 0 Å². The van der Waals surface area contributed by atoms with Crippen LogP contribution in [0.5, 0.6) is 0 Å². The van der Waals surface area contributed by atoms with Gasteiger partial charge in [0.05, 0.1) is 11.6 Å². The lowest BCUT2D eigenvalue weighted by Gasteiger charge is -2.09. The Hall–Kier alpha value is -2.25. The number of carbonyl (C=O) groups is 1. The van der Waals surface area contributed by atoms with Crippen molar-refractivity contribution < 1.29 is 4.79 Å². The Morgan fingerprint density at radius 3 is 2.75 bits per heavy atom. The molecule has 0 saturated carbocycles. The fourth-order valence-electron chi connectivity index (χ4n) is 1.84. The van der Waals surface area contributed by atoms with Gasteiger partial charge in [0.25, 0.3) is 5.91 Å². The molecule has 0 unspecified atom stereocenters. The highest BCUT2D eigenvalue weighted by molar-refractivity contribution is 7.98. The van der Waals surface area contributed by atoms with E-state index >= 15 is 0 Å². The highest BCUT2D eigenvalue weighted by atomic mass is 32.2. The maximum atomic E-state index is 12.3. The molecule has 2 aromatic rings. The van der Waals surface area contributed by atoms with E-state index in [1.165, 1.54) is 0 Å². The highest BCUT2D eigenvalue weighted by Gasteiger charge is 2.10. The molecule has 0 fully saturated rings. The molecular weight excluding hydrogens is 268 g/mol. The number of aryl methyl sites for hydroxylation is 1. The number of nitrogens with one attached hydrogen (secondary N) is 1. The van der Waals surface area contributed by atoms with Crippen LogP contribution in [0.15, 0.2) is 47.4 Å². The Morgan fingerprint density at radius 2 is 2.05 bits per heavy atom. The average Bonchev–Trinajstić information content (AvgIpc) is 2.47. The first-order chi connectivity index (χ1) is 9.63. The Bertz CT molecular complexity index is 689. The third kappa shape index (κ3) is 3.19. The van der Waals surface area contributed by atoms with Crippen LogP contribution in [0.2, 0.25) is 0 Å². The van der Waals surface area contributed by atoms with E-state index in [4.69, 9.17) is 5.26 Å². The maximum absolute atomic E-state index is 12.3. The summed E-state index contributed by atoms with van der Waals surface area (Å²) >= 11 is 1.60. The van der Waals surface area contributed by atoms with E-state index in [2.05, 4.69) is 11.4 Å². The molecule has 4 heteroatoms. The summed E-state index contributed by atoms with van der Waals surface area (Å²) in [5, 5.41) is 11.7. The second kappa shape index (κ2) is 6.27. The van der Waals surface area contributed by atoms with Crippen LogP contribution < -0.4 is 5.32 Å². The van der Waals surface area contributed by atoms with Crippen LogP contribution in [-0.4, -0.2) is 12.2 Å². The summed E-state index contributed by atoms with van der Waals surface area (Å²) in [6, 6.07) is 14.7. The molecule has 1 N–H and O–H groups in total. The van der Waals surface area contributed by atoms with E-state index in [0.29, 0.717) is 16.8 Å². The molecule has 0 atom stereocenters. The van der Waals surface area contributed by atoms with Crippen molar-refractivity contribution in [2.75, 3.05) is 11.6 Å². The standard InChI is InChI=1S/C16H14N2OS/c1-11-6-7-14(20-2)9-15(11)16(19)18-13-5-3-4-12(8-13)10-17/h3-9H,1-2H3,(H,18,19). The Morgan fingerprint density at radius 1 is 1.25 bits per heavy atom. The zero-order valence-corrected chi connectivity index (χ0v) is 12.1. The van der Waals surface area contributed by atoms with Gasteiger partial charge in [-0.25, -0.2) is 0 Å². The van der Waals surface area contributed by atoms with Crippen molar-refractivity contribution in [2.45, 2.75) is 11.8 Å². The molecule has 2 rings (SSSR count). The van der Waals surface area contributed by atoms with Crippen molar-refractivity contribution in [3.63, 3.8) is 0 Å². The molecule has 0 radical (unpaired) electrons. The van der Waals surface area contributed by atoms with E-state index in [0.717, 1.165) is 10.5 Å². The summed E-state index contributed by atoms with van der Waals surface area (Å²) in [6.07, 6.45) is 1.97. The van der Waals surface area contributed by atoms with Gasteiger partial charge in [0, 0.05) is 16.1 Å². The van der Waals surface area contributed by atoms with Crippen molar-refractivity contribution in [3.8, 4) is 6.07 Å². The predicted molar refractivity (Wildman–Crippen MR) is 82.1 cm³/mol. The summed E-state index contributed by atoms with van der Waals surface area (Å²) in [6.45, 7) is 1.91. The van der Waals surface area contributed by atoms with Gasteiger partial charge in [-0.1, -0.05) is 12.1 Å². The number of hydrogen-bond acceptors (Lipinski definition) is 3. The lowest BCUT2D eigenvalue weighted by Crippen LogP contribution is -2.13. The fraction of sp³-hybridized carbons (Fsp3) is 0.125. The molecule has 3 nitrogen and oxygen atoms in total. The zero-order valence-electron chi connectivity index (χ0n) is 11.3. The summed E-state index contributed by atoms with van der Waals surface area (Å²) in [5.74, 6) is -0.159. The van der Waals surface area contributed by atoms with Crippen molar-refractivity contribution in [1.29, 1.82) is 5.26 Å². The molecule has 2 aromatic carbocycles. The Labute approximate surface area is 122 Å². The number of rotatable bonds is 3. The van der Waals surface area contributed by atoms with Crippen molar-refractivity contribution in [3.05, 3.63) is 59.2 Å². The Kier molecular flexibility index (Phi) is 4.44. The second-order valence-corrected chi connectivity index (χ2v) is 5.21. The van der Waals surface area contributed by atoms with Gasteiger partial charge in [-0.3, -0.25) is 4.79 Å². The lowest BCUT2D eigenvalue weighted by atomic mass is 10.1. The molecule has 0 spiro atoms.